The van der Waals surface area contributed by atoms with Crippen LogP contribution in [0.25, 0.3) is 0 Å². The Morgan fingerprint density at radius 2 is 1.79 bits per heavy atom. The molecule has 1 aliphatic rings. The van der Waals surface area contributed by atoms with Crippen LogP contribution in [0.2, 0.25) is 0 Å². The first-order valence-corrected chi connectivity index (χ1v) is 10.8. The Morgan fingerprint density at radius 3 is 2.41 bits per heavy atom. The lowest BCUT2D eigenvalue weighted by atomic mass is 10.1. The molecule has 1 aliphatic heterocycles. The Kier molecular flexibility index (Phi) is 6.71. The van der Waals surface area contributed by atoms with Gasteiger partial charge >= 0.3 is 0 Å². The number of benzene rings is 1. The second-order valence-corrected chi connectivity index (χ2v) is 8.60. The number of amides is 1. The van der Waals surface area contributed by atoms with Gasteiger partial charge in [-0.05, 0) is 30.2 Å². The van der Waals surface area contributed by atoms with Gasteiger partial charge in [0.25, 0.3) is 0 Å². The highest BCUT2D eigenvalue weighted by Crippen LogP contribution is 2.30. The molecule has 1 fully saturated rings. The Hall–Kier alpha value is -2.65. The molecule has 0 spiro atoms. The van der Waals surface area contributed by atoms with Gasteiger partial charge in [-0.1, -0.05) is 6.07 Å². The number of hydrogen-bond donors (Lipinski definition) is 0. The Bertz CT molecular complexity index is 942. The van der Waals surface area contributed by atoms with E-state index in [-0.39, 0.29) is 23.9 Å². The van der Waals surface area contributed by atoms with E-state index in [1.54, 1.807) is 23.4 Å². The number of sulfonamides is 1. The van der Waals surface area contributed by atoms with Crippen LogP contribution in [0.4, 0.5) is 0 Å². The molecule has 1 aromatic heterocycles. The summed E-state index contributed by atoms with van der Waals surface area (Å²) in [5, 5.41) is 0. The summed E-state index contributed by atoms with van der Waals surface area (Å²) in [6, 6.07) is 8.32. The number of methoxy groups -OCH3 is 2. The van der Waals surface area contributed by atoms with Crippen LogP contribution in [-0.2, 0) is 21.2 Å². The van der Waals surface area contributed by atoms with Gasteiger partial charge in [0.1, 0.15) is 0 Å². The summed E-state index contributed by atoms with van der Waals surface area (Å²) in [7, 11) is -0.713. The third kappa shape index (κ3) is 4.86. The van der Waals surface area contributed by atoms with Gasteiger partial charge in [0, 0.05) is 51.1 Å². The number of aromatic nitrogens is 1. The summed E-state index contributed by atoms with van der Waals surface area (Å²) in [6.45, 7) is 1.27. The molecule has 9 heteroatoms. The molecular weight excluding hydrogens is 394 g/mol. The lowest BCUT2D eigenvalue weighted by Gasteiger charge is -2.34. The standard InChI is InChI=1S/C20H25N3O5S/c1-27-18-7-6-17(14-19(18)28-2)29(25,26)23-12-10-22(11-13-23)20(24)8-5-16-4-3-9-21-15-16/h3-4,6-7,9,14-15H,5,8,10-13H2,1-2H3. The highest BCUT2D eigenvalue weighted by Gasteiger charge is 2.30. The van der Waals surface area contributed by atoms with Crippen LogP contribution in [0.5, 0.6) is 11.5 Å². The van der Waals surface area contributed by atoms with Crippen molar-refractivity contribution in [2.45, 2.75) is 17.7 Å². The molecule has 3 rings (SSSR count). The first-order chi connectivity index (χ1) is 14.0. The van der Waals surface area contributed by atoms with Crippen LogP contribution in [0.15, 0.2) is 47.6 Å². The van der Waals surface area contributed by atoms with Crippen LogP contribution in [0.1, 0.15) is 12.0 Å². The van der Waals surface area contributed by atoms with Crippen molar-refractivity contribution in [2.24, 2.45) is 0 Å². The quantitative estimate of drug-likeness (QED) is 0.677. The van der Waals surface area contributed by atoms with E-state index in [0.29, 0.717) is 37.4 Å². The highest BCUT2D eigenvalue weighted by atomic mass is 32.2. The topological polar surface area (TPSA) is 89.0 Å². The van der Waals surface area contributed by atoms with E-state index in [1.165, 1.54) is 30.7 Å². The van der Waals surface area contributed by atoms with Crippen molar-refractivity contribution in [3.8, 4) is 11.5 Å². The summed E-state index contributed by atoms with van der Waals surface area (Å²) in [5.41, 5.74) is 1.01. The van der Waals surface area contributed by atoms with Gasteiger partial charge in [-0.15, -0.1) is 0 Å². The fourth-order valence-corrected chi connectivity index (χ4v) is 4.70. The van der Waals surface area contributed by atoms with E-state index < -0.39 is 10.0 Å². The van der Waals surface area contributed by atoms with Crippen LogP contribution in [0, 0.1) is 0 Å². The molecule has 156 valence electrons. The predicted octanol–water partition coefficient (Wildman–Crippen LogP) is 1.56. The van der Waals surface area contributed by atoms with Gasteiger partial charge in [0.2, 0.25) is 15.9 Å². The zero-order chi connectivity index (χ0) is 20.9. The Balaban J connectivity index is 1.60. The molecular formula is C20H25N3O5S. The number of ether oxygens (including phenoxy) is 2. The Labute approximate surface area is 171 Å². The number of nitrogens with zero attached hydrogens (tertiary/aromatic N) is 3. The van der Waals surface area contributed by atoms with Crippen molar-refractivity contribution in [3.63, 3.8) is 0 Å². The van der Waals surface area contributed by atoms with Gasteiger partial charge in [-0.3, -0.25) is 9.78 Å². The van der Waals surface area contributed by atoms with Crippen molar-refractivity contribution < 1.29 is 22.7 Å². The largest absolute Gasteiger partial charge is 0.493 e. The van der Waals surface area contributed by atoms with Crippen molar-refractivity contribution in [2.75, 3.05) is 40.4 Å². The molecule has 2 heterocycles. The van der Waals surface area contributed by atoms with Gasteiger partial charge in [-0.2, -0.15) is 4.31 Å². The molecule has 0 unspecified atom stereocenters. The highest BCUT2D eigenvalue weighted by molar-refractivity contribution is 7.89. The minimum absolute atomic E-state index is 0.0250. The van der Waals surface area contributed by atoms with E-state index in [0.717, 1.165) is 5.56 Å². The van der Waals surface area contributed by atoms with Crippen molar-refractivity contribution in [1.82, 2.24) is 14.2 Å². The van der Waals surface area contributed by atoms with Crippen molar-refractivity contribution in [1.29, 1.82) is 0 Å². The van der Waals surface area contributed by atoms with Gasteiger partial charge in [0.15, 0.2) is 11.5 Å². The molecule has 0 aliphatic carbocycles. The average Bonchev–Trinajstić information content (AvgIpc) is 2.77. The number of carbonyl (C=O) groups excluding carboxylic acids is 1. The molecule has 0 radical (unpaired) electrons. The maximum Gasteiger partial charge on any atom is 0.243 e. The van der Waals surface area contributed by atoms with E-state index in [4.69, 9.17) is 9.47 Å². The Morgan fingerprint density at radius 1 is 1.07 bits per heavy atom. The molecule has 0 bridgehead atoms. The summed E-state index contributed by atoms with van der Waals surface area (Å²) >= 11 is 0. The smallest absolute Gasteiger partial charge is 0.243 e. The van der Waals surface area contributed by atoms with Gasteiger partial charge < -0.3 is 14.4 Å². The first-order valence-electron chi connectivity index (χ1n) is 9.34. The zero-order valence-electron chi connectivity index (χ0n) is 16.6. The summed E-state index contributed by atoms with van der Waals surface area (Å²) in [4.78, 5) is 18.4. The normalized spacial score (nSPS) is 15.2. The molecule has 1 saturated heterocycles. The van der Waals surface area contributed by atoms with E-state index in [2.05, 4.69) is 4.98 Å². The first kappa shape index (κ1) is 21.1. The molecule has 0 N–H and O–H groups in total. The molecule has 0 saturated carbocycles. The molecule has 2 aromatic rings. The summed E-state index contributed by atoms with van der Waals surface area (Å²) < 4.78 is 37.7. The van der Waals surface area contributed by atoms with Crippen LogP contribution < -0.4 is 9.47 Å². The second-order valence-electron chi connectivity index (χ2n) is 6.66. The van der Waals surface area contributed by atoms with Crippen LogP contribution in [-0.4, -0.2) is 68.9 Å². The van der Waals surface area contributed by atoms with E-state index in [9.17, 15) is 13.2 Å². The third-order valence-electron chi connectivity index (χ3n) is 4.93. The maximum absolute atomic E-state index is 13.0. The number of aryl methyl sites for hydroxylation is 1. The monoisotopic (exact) mass is 419 g/mol. The zero-order valence-corrected chi connectivity index (χ0v) is 17.4. The third-order valence-corrected chi connectivity index (χ3v) is 6.83. The fourth-order valence-electron chi connectivity index (χ4n) is 3.26. The SMILES string of the molecule is COc1ccc(S(=O)(=O)N2CCN(C(=O)CCc3cccnc3)CC2)cc1OC. The number of hydrogen-bond acceptors (Lipinski definition) is 6. The predicted molar refractivity (Wildman–Crippen MR) is 107 cm³/mol. The maximum atomic E-state index is 13.0. The lowest BCUT2D eigenvalue weighted by molar-refractivity contribution is -0.132. The average molecular weight is 420 g/mol. The number of pyridine rings is 1. The van der Waals surface area contributed by atoms with Gasteiger partial charge in [0.05, 0.1) is 19.1 Å². The van der Waals surface area contributed by atoms with Crippen molar-refractivity contribution in [3.05, 3.63) is 48.3 Å². The van der Waals surface area contributed by atoms with Crippen LogP contribution >= 0.6 is 0 Å². The molecule has 8 nitrogen and oxygen atoms in total. The van der Waals surface area contributed by atoms with E-state index in [1.807, 2.05) is 12.1 Å². The number of rotatable bonds is 7. The minimum atomic E-state index is -3.67. The van der Waals surface area contributed by atoms with Crippen molar-refractivity contribution >= 4 is 15.9 Å². The fraction of sp³-hybridized carbons (Fsp3) is 0.400. The summed E-state index contributed by atoms with van der Waals surface area (Å²) in [6.07, 6.45) is 4.45. The molecule has 1 aromatic carbocycles. The minimum Gasteiger partial charge on any atom is -0.493 e. The molecule has 0 atom stereocenters. The number of piperazine rings is 1. The van der Waals surface area contributed by atoms with E-state index >= 15 is 0 Å². The summed E-state index contributed by atoms with van der Waals surface area (Å²) in [5.74, 6) is 0.852. The van der Waals surface area contributed by atoms with Crippen LogP contribution in [0.3, 0.4) is 0 Å². The second kappa shape index (κ2) is 9.23. The lowest BCUT2D eigenvalue weighted by Crippen LogP contribution is -2.50. The van der Waals surface area contributed by atoms with Gasteiger partial charge in [-0.25, -0.2) is 8.42 Å². The molecule has 1 amide bonds. The molecule has 29 heavy (non-hydrogen) atoms. The number of carbonyl (C=O) groups is 1.